The summed E-state index contributed by atoms with van der Waals surface area (Å²) < 4.78 is 1.07. The van der Waals surface area contributed by atoms with Crippen LogP contribution in [0, 0.1) is 0 Å². The predicted octanol–water partition coefficient (Wildman–Crippen LogP) is 2.95. The SMILES string of the molecule is OC1CCC(Nc2ncnc3c2sc2ncccc23)CC1. The molecule has 0 aromatic carbocycles. The molecule has 4 rings (SSSR count). The van der Waals surface area contributed by atoms with Gasteiger partial charge in [-0.05, 0) is 37.8 Å². The molecule has 1 aliphatic carbocycles. The van der Waals surface area contributed by atoms with Crippen LogP contribution in [0.2, 0.25) is 0 Å². The third-order valence-electron chi connectivity index (χ3n) is 4.07. The van der Waals surface area contributed by atoms with Crippen LogP contribution in [-0.4, -0.2) is 32.2 Å². The maximum absolute atomic E-state index is 9.60. The lowest BCUT2D eigenvalue weighted by Gasteiger charge is -2.26. The minimum atomic E-state index is -0.137. The van der Waals surface area contributed by atoms with Crippen LogP contribution >= 0.6 is 11.3 Å². The van der Waals surface area contributed by atoms with Crippen LogP contribution in [0.25, 0.3) is 20.4 Å². The Morgan fingerprint density at radius 2 is 2.00 bits per heavy atom. The monoisotopic (exact) mass is 300 g/mol. The zero-order chi connectivity index (χ0) is 14.2. The lowest BCUT2D eigenvalue weighted by Crippen LogP contribution is -2.28. The van der Waals surface area contributed by atoms with Crippen molar-refractivity contribution in [2.45, 2.75) is 37.8 Å². The summed E-state index contributed by atoms with van der Waals surface area (Å²) in [6.45, 7) is 0. The Kier molecular flexibility index (Phi) is 3.20. The Labute approximate surface area is 126 Å². The summed E-state index contributed by atoms with van der Waals surface area (Å²) in [5.74, 6) is 0.893. The highest BCUT2D eigenvalue weighted by Gasteiger charge is 2.21. The van der Waals surface area contributed by atoms with Crippen molar-refractivity contribution in [3.8, 4) is 0 Å². The molecular weight excluding hydrogens is 284 g/mol. The molecule has 0 amide bonds. The fourth-order valence-electron chi connectivity index (χ4n) is 2.93. The third-order valence-corrected chi connectivity index (χ3v) is 5.18. The summed E-state index contributed by atoms with van der Waals surface area (Å²) in [6.07, 6.45) is 6.97. The van der Waals surface area contributed by atoms with Gasteiger partial charge in [-0.15, -0.1) is 11.3 Å². The highest BCUT2D eigenvalue weighted by Crippen LogP contribution is 2.35. The van der Waals surface area contributed by atoms with E-state index in [1.807, 2.05) is 6.07 Å². The molecule has 5 nitrogen and oxygen atoms in total. The largest absolute Gasteiger partial charge is 0.393 e. The van der Waals surface area contributed by atoms with Gasteiger partial charge in [0, 0.05) is 17.6 Å². The van der Waals surface area contributed by atoms with E-state index in [1.165, 1.54) is 0 Å². The Hall–Kier alpha value is -1.79. The number of nitrogens with zero attached hydrogens (tertiary/aromatic N) is 3. The van der Waals surface area contributed by atoms with Crippen molar-refractivity contribution in [1.82, 2.24) is 15.0 Å². The fraction of sp³-hybridized carbons (Fsp3) is 0.400. The number of hydrogen-bond acceptors (Lipinski definition) is 6. The molecule has 0 unspecified atom stereocenters. The topological polar surface area (TPSA) is 70.9 Å². The molecule has 0 aliphatic heterocycles. The zero-order valence-corrected chi connectivity index (χ0v) is 12.3. The third kappa shape index (κ3) is 2.34. The van der Waals surface area contributed by atoms with Gasteiger partial charge in [0.25, 0.3) is 0 Å². The van der Waals surface area contributed by atoms with Crippen LogP contribution in [0.3, 0.4) is 0 Å². The van der Waals surface area contributed by atoms with Crippen molar-refractivity contribution < 1.29 is 5.11 Å². The van der Waals surface area contributed by atoms with Gasteiger partial charge in [0.05, 0.1) is 16.3 Å². The van der Waals surface area contributed by atoms with Gasteiger partial charge in [0.15, 0.2) is 0 Å². The minimum Gasteiger partial charge on any atom is -0.393 e. The van der Waals surface area contributed by atoms with Crippen LogP contribution < -0.4 is 5.32 Å². The van der Waals surface area contributed by atoms with Crippen molar-refractivity contribution in [3.05, 3.63) is 24.7 Å². The predicted molar refractivity (Wildman–Crippen MR) is 84.6 cm³/mol. The van der Waals surface area contributed by atoms with Gasteiger partial charge in [0.2, 0.25) is 0 Å². The average molecular weight is 300 g/mol. The van der Waals surface area contributed by atoms with Crippen molar-refractivity contribution in [1.29, 1.82) is 0 Å². The first-order valence-corrected chi connectivity index (χ1v) is 8.06. The molecule has 3 aromatic heterocycles. The van der Waals surface area contributed by atoms with Gasteiger partial charge < -0.3 is 10.4 Å². The van der Waals surface area contributed by atoms with Crippen molar-refractivity contribution >= 4 is 37.6 Å². The van der Waals surface area contributed by atoms with E-state index >= 15 is 0 Å². The first-order valence-electron chi connectivity index (χ1n) is 7.24. The summed E-state index contributed by atoms with van der Waals surface area (Å²) in [4.78, 5) is 14.2. The quantitative estimate of drug-likeness (QED) is 0.761. The van der Waals surface area contributed by atoms with Crippen molar-refractivity contribution in [3.63, 3.8) is 0 Å². The van der Waals surface area contributed by atoms with E-state index in [0.717, 1.165) is 51.9 Å². The average Bonchev–Trinajstić information content (AvgIpc) is 2.89. The number of aliphatic hydroxyl groups excluding tert-OH is 1. The second-order valence-corrected chi connectivity index (χ2v) is 6.51. The standard InChI is InChI=1S/C15H16N4OS/c20-10-5-3-9(4-6-10)19-14-13-12(17-8-18-14)11-2-1-7-16-15(11)21-13/h1-2,7-10,20H,3-6H2,(H,17,18,19). The molecule has 3 aromatic rings. The number of thiophene rings is 1. The molecule has 1 aliphatic rings. The van der Waals surface area contributed by atoms with Crippen LogP contribution in [0.15, 0.2) is 24.7 Å². The molecule has 6 heteroatoms. The smallest absolute Gasteiger partial charge is 0.147 e. The van der Waals surface area contributed by atoms with Gasteiger partial charge in [-0.2, -0.15) is 0 Å². The van der Waals surface area contributed by atoms with E-state index in [-0.39, 0.29) is 6.10 Å². The highest BCUT2D eigenvalue weighted by molar-refractivity contribution is 7.25. The molecule has 0 spiro atoms. The van der Waals surface area contributed by atoms with Crippen LogP contribution in [0.5, 0.6) is 0 Å². The molecule has 0 radical (unpaired) electrons. The second kappa shape index (κ2) is 5.20. The van der Waals surface area contributed by atoms with Crippen LogP contribution in [0.1, 0.15) is 25.7 Å². The molecule has 1 fully saturated rings. The summed E-state index contributed by atoms with van der Waals surface area (Å²) in [5.41, 5.74) is 0.969. The van der Waals surface area contributed by atoms with E-state index in [0.29, 0.717) is 6.04 Å². The van der Waals surface area contributed by atoms with Gasteiger partial charge in [-0.1, -0.05) is 0 Å². The number of hydrogen-bond donors (Lipinski definition) is 2. The molecule has 1 saturated carbocycles. The summed E-state index contributed by atoms with van der Waals surface area (Å²) in [5, 5.41) is 14.2. The van der Waals surface area contributed by atoms with Gasteiger partial charge in [-0.25, -0.2) is 15.0 Å². The number of anilines is 1. The maximum Gasteiger partial charge on any atom is 0.147 e. The minimum absolute atomic E-state index is 0.137. The van der Waals surface area contributed by atoms with Crippen molar-refractivity contribution in [2.24, 2.45) is 0 Å². The van der Waals surface area contributed by atoms with Gasteiger partial charge in [-0.3, -0.25) is 0 Å². The lowest BCUT2D eigenvalue weighted by atomic mass is 9.93. The maximum atomic E-state index is 9.60. The second-order valence-electron chi connectivity index (χ2n) is 5.51. The van der Waals surface area contributed by atoms with E-state index in [9.17, 15) is 5.11 Å². The molecule has 21 heavy (non-hydrogen) atoms. The number of fused-ring (bicyclic) bond motifs is 3. The number of aliphatic hydroxyl groups is 1. The summed E-state index contributed by atoms with van der Waals surface area (Å²) >= 11 is 1.63. The van der Waals surface area contributed by atoms with Crippen LogP contribution in [0.4, 0.5) is 5.82 Å². The van der Waals surface area contributed by atoms with Gasteiger partial charge in [0.1, 0.15) is 17.0 Å². The highest BCUT2D eigenvalue weighted by atomic mass is 32.1. The van der Waals surface area contributed by atoms with E-state index < -0.39 is 0 Å². The van der Waals surface area contributed by atoms with Crippen molar-refractivity contribution in [2.75, 3.05) is 5.32 Å². The summed E-state index contributed by atoms with van der Waals surface area (Å²) in [6, 6.07) is 4.37. The molecule has 3 heterocycles. The zero-order valence-electron chi connectivity index (χ0n) is 11.5. The number of rotatable bonds is 2. The Balaban J connectivity index is 1.72. The number of aromatic nitrogens is 3. The van der Waals surface area contributed by atoms with Gasteiger partial charge >= 0.3 is 0 Å². The molecule has 2 N–H and O–H groups in total. The Morgan fingerprint density at radius 3 is 2.86 bits per heavy atom. The Morgan fingerprint density at radius 1 is 1.14 bits per heavy atom. The number of nitrogens with one attached hydrogen (secondary N) is 1. The molecular formula is C15H16N4OS. The summed E-state index contributed by atoms with van der Waals surface area (Å²) in [7, 11) is 0. The molecule has 0 atom stereocenters. The number of pyridine rings is 1. The van der Waals surface area contributed by atoms with E-state index in [1.54, 1.807) is 23.9 Å². The molecule has 0 saturated heterocycles. The Bertz CT molecular complexity index is 780. The first kappa shape index (κ1) is 12.9. The molecule has 108 valence electrons. The fourth-order valence-corrected chi connectivity index (χ4v) is 3.98. The van der Waals surface area contributed by atoms with E-state index in [2.05, 4.69) is 26.3 Å². The van der Waals surface area contributed by atoms with Crippen LogP contribution in [-0.2, 0) is 0 Å². The first-order chi connectivity index (χ1) is 10.3. The lowest BCUT2D eigenvalue weighted by molar-refractivity contribution is 0.126. The van der Waals surface area contributed by atoms with E-state index in [4.69, 9.17) is 0 Å². The molecule has 0 bridgehead atoms. The normalized spacial score (nSPS) is 22.7.